The van der Waals surface area contributed by atoms with Crippen molar-refractivity contribution in [3.63, 3.8) is 0 Å². The van der Waals surface area contributed by atoms with E-state index < -0.39 is 17.6 Å². The summed E-state index contributed by atoms with van der Waals surface area (Å²) in [5.41, 5.74) is 0.287. The van der Waals surface area contributed by atoms with Gasteiger partial charge in [-0.3, -0.25) is 4.79 Å². The van der Waals surface area contributed by atoms with Crippen molar-refractivity contribution >= 4 is 17.7 Å². The van der Waals surface area contributed by atoms with Gasteiger partial charge in [-0.05, 0) is 35.9 Å². The molecule has 0 fully saturated rings. The number of alkyl halides is 3. The first-order valence-electron chi connectivity index (χ1n) is 6.98. The van der Waals surface area contributed by atoms with Gasteiger partial charge >= 0.3 is 6.18 Å². The summed E-state index contributed by atoms with van der Waals surface area (Å²) in [6, 6.07) is 9.51. The molecular weight excluding hydrogens is 323 g/mol. The summed E-state index contributed by atoms with van der Waals surface area (Å²) in [4.78, 5) is 11.9. The third kappa shape index (κ3) is 3.68. The number of carbonyl (C=O) groups is 1. The van der Waals surface area contributed by atoms with Gasteiger partial charge in [-0.15, -0.1) is 0 Å². The van der Waals surface area contributed by atoms with Crippen molar-refractivity contribution in [1.29, 1.82) is 0 Å². The maximum absolute atomic E-state index is 12.5. The van der Waals surface area contributed by atoms with Gasteiger partial charge in [0.1, 0.15) is 0 Å². The molecule has 1 amide bonds. The zero-order valence-corrected chi connectivity index (χ0v) is 12.3. The Kier molecular flexibility index (Phi) is 4.16. The van der Waals surface area contributed by atoms with E-state index in [0.717, 1.165) is 12.1 Å². The number of halogens is 3. The first-order chi connectivity index (χ1) is 11.4. The maximum Gasteiger partial charge on any atom is 0.416 e. The van der Waals surface area contributed by atoms with Gasteiger partial charge in [0.05, 0.1) is 5.56 Å². The molecule has 0 bridgehead atoms. The van der Waals surface area contributed by atoms with Crippen molar-refractivity contribution in [1.82, 2.24) is 0 Å². The minimum Gasteiger partial charge on any atom is -0.454 e. The summed E-state index contributed by atoms with van der Waals surface area (Å²) >= 11 is 0. The molecule has 4 nitrogen and oxygen atoms in total. The van der Waals surface area contributed by atoms with E-state index in [-0.39, 0.29) is 6.79 Å². The highest BCUT2D eigenvalue weighted by atomic mass is 19.4. The van der Waals surface area contributed by atoms with Crippen LogP contribution >= 0.6 is 0 Å². The maximum atomic E-state index is 12.5. The number of hydrogen-bond donors (Lipinski definition) is 1. The molecule has 0 saturated heterocycles. The number of anilines is 1. The van der Waals surface area contributed by atoms with Gasteiger partial charge in [0.15, 0.2) is 11.5 Å². The lowest BCUT2D eigenvalue weighted by Crippen LogP contribution is -2.07. The van der Waals surface area contributed by atoms with E-state index in [4.69, 9.17) is 9.47 Å². The summed E-state index contributed by atoms with van der Waals surface area (Å²) in [5.74, 6) is 0.738. The van der Waals surface area contributed by atoms with E-state index in [9.17, 15) is 18.0 Å². The number of benzene rings is 2. The van der Waals surface area contributed by atoms with E-state index in [1.165, 1.54) is 24.3 Å². The smallest absolute Gasteiger partial charge is 0.416 e. The predicted octanol–water partition coefficient (Wildman–Crippen LogP) is 4.09. The summed E-state index contributed by atoms with van der Waals surface area (Å²) in [7, 11) is 0. The van der Waals surface area contributed by atoms with Gasteiger partial charge < -0.3 is 14.8 Å². The van der Waals surface area contributed by atoms with Crippen molar-refractivity contribution in [3.8, 4) is 11.5 Å². The zero-order chi connectivity index (χ0) is 17.2. The molecule has 1 heterocycles. The Morgan fingerprint density at radius 2 is 1.75 bits per heavy atom. The number of amides is 1. The molecule has 1 aliphatic rings. The molecule has 7 heteroatoms. The monoisotopic (exact) mass is 335 g/mol. The second-order valence-corrected chi connectivity index (χ2v) is 5.01. The molecule has 0 radical (unpaired) electrons. The van der Waals surface area contributed by atoms with Crippen LogP contribution < -0.4 is 14.8 Å². The molecule has 1 N–H and O–H groups in total. The lowest BCUT2D eigenvalue weighted by molar-refractivity contribution is -0.137. The van der Waals surface area contributed by atoms with Gasteiger partial charge in [-0.25, -0.2) is 0 Å². The average Bonchev–Trinajstić information content (AvgIpc) is 3.00. The number of rotatable bonds is 3. The third-order valence-corrected chi connectivity index (χ3v) is 3.31. The average molecular weight is 335 g/mol. The summed E-state index contributed by atoms with van der Waals surface area (Å²) in [6.45, 7) is 0.139. The fraction of sp³-hybridized carbons (Fsp3) is 0.118. The summed E-state index contributed by atoms with van der Waals surface area (Å²) < 4.78 is 47.8. The third-order valence-electron chi connectivity index (χ3n) is 3.31. The number of carbonyl (C=O) groups excluding carboxylic acids is 1. The molecule has 0 aromatic heterocycles. The van der Waals surface area contributed by atoms with Crippen LogP contribution in [0.1, 0.15) is 11.1 Å². The standard InChI is InChI=1S/C17H12F3NO3/c18-17(19,20)12-4-1-11(2-5-12)3-8-16(22)21-13-6-7-14-15(9-13)24-10-23-14/h1-9H,10H2,(H,21,22)/b8-3+. The number of ether oxygens (including phenoxy) is 2. The van der Waals surface area contributed by atoms with Crippen molar-refractivity contribution in [2.45, 2.75) is 6.18 Å². The lowest BCUT2D eigenvalue weighted by atomic mass is 10.1. The molecule has 24 heavy (non-hydrogen) atoms. The predicted molar refractivity (Wildman–Crippen MR) is 81.7 cm³/mol. The van der Waals surface area contributed by atoms with E-state index in [0.29, 0.717) is 22.7 Å². The Balaban J connectivity index is 1.63. The van der Waals surface area contributed by atoms with Crippen LogP contribution in [0.3, 0.4) is 0 Å². The topological polar surface area (TPSA) is 47.6 Å². The Morgan fingerprint density at radius 1 is 1.04 bits per heavy atom. The minimum atomic E-state index is -4.38. The summed E-state index contributed by atoms with van der Waals surface area (Å²) in [5, 5.41) is 2.64. The van der Waals surface area contributed by atoms with Gasteiger partial charge in [0.2, 0.25) is 12.7 Å². The van der Waals surface area contributed by atoms with Crippen LogP contribution in [-0.2, 0) is 11.0 Å². The van der Waals surface area contributed by atoms with Crippen LogP contribution in [0.15, 0.2) is 48.5 Å². The van der Waals surface area contributed by atoms with Gasteiger partial charge in [-0.1, -0.05) is 12.1 Å². The Morgan fingerprint density at radius 3 is 2.46 bits per heavy atom. The molecule has 3 rings (SSSR count). The molecule has 1 aliphatic heterocycles. The second-order valence-electron chi connectivity index (χ2n) is 5.01. The molecule has 2 aromatic carbocycles. The van der Waals surface area contributed by atoms with E-state index in [1.54, 1.807) is 18.2 Å². The lowest BCUT2D eigenvalue weighted by Gasteiger charge is -2.06. The fourth-order valence-electron chi connectivity index (χ4n) is 2.11. The largest absolute Gasteiger partial charge is 0.454 e. The van der Waals surface area contributed by atoms with Gasteiger partial charge in [0, 0.05) is 17.8 Å². The van der Waals surface area contributed by atoms with E-state index in [2.05, 4.69) is 5.32 Å². The molecule has 0 saturated carbocycles. The number of hydrogen-bond acceptors (Lipinski definition) is 3. The molecule has 2 aromatic rings. The zero-order valence-electron chi connectivity index (χ0n) is 12.3. The quantitative estimate of drug-likeness (QED) is 0.860. The number of fused-ring (bicyclic) bond motifs is 1. The first kappa shape index (κ1) is 15.9. The van der Waals surface area contributed by atoms with Crippen molar-refractivity contribution in [2.75, 3.05) is 12.1 Å². The molecule has 0 unspecified atom stereocenters. The SMILES string of the molecule is O=C(/C=C/c1ccc(C(F)(F)F)cc1)Nc1ccc2c(c1)OCO2. The molecule has 0 atom stereocenters. The molecule has 124 valence electrons. The van der Waals surface area contributed by atoms with Crippen LogP contribution in [0, 0.1) is 0 Å². The molecule has 0 spiro atoms. The van der Waals surface area contributed by atoms with E-state index >= 15 is 0 Å². The highest BCUT2D eigenvalue weighted by molar-refractivity contribution is 6.02. The van der Waals surface area contributed by atoms with E-state index in [1.807, 2.05) is 0 Å². The van der Waals surface area contributed by atoms with Crippen LogP contribution in [-0.4, -0.2) is 12.7 Å². The first-order valence-corrected chi connectivity index (χ1v) is 6.98. The van der Waals surface area contributed by atoms with Gasteiger partial charge in [0.25, 0.3) is 0 Å². The Labute approximate surface area is 135 Å². The molecule has 0 aliphatic carbocycles. The normalized spacial score (nSPS) is 13.3. The summed E-state index contributed by atoms with van der Waals surface area (Å²) in [6.07, 6.45) is -1.70. The molecular formula is C17H12F3NO3. The van der Waals surface area contributed by atoms with Crippen LogP contribution in [0.2, 0.25) is 0 Å². The Hall–Kier alpha value is -2.96. The van der Waals surface area contributed by atoms with Gasteiger partial charge in [-0.2, -0.15) is 13.2 Å². The highest BCUT2D eigenvalue weighted by Gasteiger charge is 2.29. The van der Waals surface area contributed by atoms with Crippen molar-refractivity contribution in [3.05, 3.63) is 59.7 Å². The van der Waals surface area contributed by atoms with Crippen LogP contribution in [0.4, 0.5) is 18.9 Å². The fourth-order valence-corrected chi connectivity index (χ4v) is 2.11. The van der Waals surface area contributed by atoms with Crippen LogP contribution in [0.5, 0.6) is 11.5 Å². The minimum absolute atomic E-state index is 0.139. The van der Waals surface area contributed by atoms with Crippen molar-refractivity contribution in [2.24, 2.45) is 0 Å². The Bertz CT molecular complexity index is 783. The van der Waals surface area contributed by atoms with Crippen molar-refractivity contribution < 1.29 is 27.4 Å². The number of nitrogens with one attached hydrogen (secondary N) is 1. The van der Waals surface area contributed by atoms with Crippen LogP contribution in [0.25, 0.3) is 6.08 Å². The second kappa shape index (κ2) is 6.27. The highest BCUT2D eigenvalue weighted by Crippen LogP contribution is 2.34.